The minimum atomic E-state index is 1.46. The molecule has 0 atom stereocenters. The molecule has 6 radical (unpaired) electrons. The van der Waals surface area contributed by atoms with Gasteiger partial charge in [0, 0.05) is 0 Å². The monoisotopic (exact) mass is 310 g/mol. The summed E-state index contributed by atoms with van der Waals surface area (Å²) in [6.45, 7) is 0. The van der Waals surface area contributed by atoms with Gasteiger partial charge >= 0.3 is 73.2 Å². The van der Waals surface area contributed by atoms with Crippen LogP contribution in [0.1, 0.15) is 19.3 Å². The van der Waals surface area contributed by atoms with Crippen LogP contribution in [0.25, 0.3) is 0 Å². The van der Waals surface area contributed by atoms with E-state index in [9.17, 15) is 0 Å². The molecule has 0 aliphatic carbocycles. The van der Waals surface area contributed by atoms with E-state index in [1.54, 1.807) is 45.0 Å². The molecule has 0 unspecified atom stereocenters. The first kappa shape index (κ1) is 8.60. The molecule has 0 aliphatic heterocycles. The number of rotatable bonds is 4. The zero-order valence-electron chi connectivity index (χ0n) is 4.54. The van der Waals surface area contributed by atoms with Crippen LogP contribution >= 0.6 is 0 Å². The molecule has 0 saturated heterocycles. The van der Waals surface area contributed by atoms with E-state index < -0.39 is 0 Å². The van der Waals surface area contributed by atoms with Crippen molar-refractivity contribution in [1.82, 2.24) is 0 Å². The molecule has 0 amide bonds. The minimum absolute atomic E-state index is 1.46. The second-order valence-corrected chi connectivity index (χ2v) is 4.41. The first-order chi connectivity index (χ1) is 3.41. The van der Waals surface area contributed by atoms with Crippen LogP contribution in [0, 0.1) is 0 Å². The zero-order chi connectivity index (χ0) is 5.54. The second-order valence-electron chi connectivity index (χ2n) is 1.56. The third-order valence-corrected chi connectivity index (χ3v) is 2.87. The van der Waals surface area contributed by atoms with Gasteiger partial charge < -0.3 is 0 Å². The van der Waals surface area contributed by atoms with Gasteiger partial charge in [0.05, 0.1) is 0 Å². The average Bonchev–Trinajstić information content (AvgIpc) is 1.69. The molecule has 0 saturated carbocycles. The van der Waals surface area contributed by atoms with E-state index in [0.717, 1.165) is 0 Å². The molecule has 0 bridgehead atoms. The summed E-state index contributed by atoms with van der Waals surface area (Å²) in [5.41, 5.74) is 0. The summed E-state index contributed by atoms with van der Waals surface area (Å²) >= 11 is 3.42. The predicted octanol–water partition coefficient (Wildman–Crippen LogP) is 1.33. The first-order valence-corrected chi connectivity index (χ1v) is 6.74. The summed E-state index contributed by atoms with van der Waals surface area (Å²) in [6, 6.07) is 0. The summed E-state index contributed by atoms with van der Waals surface area (Å²) in [7, 11) is 0. The Hall–Kier alpha value is 1.60. The third kappa shape index (κ3) is 7.60. The molecule has 0 aliphatic rings. The summed E-state index contributed by atoms with van der Waals surface area (Å²) in [6.07, 6.45) is 4.44. The predicted molar refractivity (Wildman–Crippen MR) is 35.0 cm³/mol. The van der Waals surface area contributed by atoms with Crippen LogP contribution in [0.15, 0.2) is 0 Å². The molecule has 0 aromatic carbocycles. The first-order valence-electron chi connectivity index (χ1n) is 2.71. The molecule has 0 fully saturated rings. The van der Waals surface area contributed by atoms with Crippen molar-refractivity contribution in [3.63, 3.8) is 0 Å². The molecule has 0 aromatic rings. The Balaban J connectivity index is 2.45. The number of unbranched alkanes of at least 4 members (excludes halogenated alkanes) is 2. The van der Waals surface area contributed by atoms with Gasteiger partial charge in [0.25, 0.3) is 0 Å². The van der Waals surface area contributed by atoms with Gasteiger partial charge in [-0.3, -0.25) is 0 Å². The zero-order valence-corrected chi connectivity index (χ0v) is 10.2. The Morgan fingerprint density at radius 2 is 1.14 bits per heavy atom. The fraction of sp³-hybridized carbons (Fsp3) is 1.00. The van der Waals surface area contributed by atoms with Crippen LogP contribution < -0.4 is 0 Å². The second kappa shape index (κ2) is 7.60. The van der Waals surface area contributed by atoms with E-state index in [0.29, 0.717) is 0 Å². The van der Waals surface area contributed by atoms with Crippen molar-refractivity contribution in [2.45, 2.75) is 28.1 Å². The fourth-order valence-electron chi connectivity index (χ4n) is 0.427. The number of hydrogen-bond acceptors (Lipinski definition) is 0. The molecule has 0 nitrogen and oxygen atoms in total. The Bertz CT molecular complexity index is 25.3. The molecule has 2 heteroatoms. The van der Waals surface area contributed by atoms with Crippen LogP contribution in [0.4, 0.5) is 0 Å². The van der Waals surface area contributed by atoms with Gasteiger partial charge in [0.15, 0.2) is 0 Å². The molecular weight excluding hydrogens is 297 g/mol. The Morgan fingerprint density at radius 1 is 0.714 bits per heavy atom. The van der Waals surface area contributed by atoms with Crippen molar-refractivity contribution >= 4 is 45.0 Å². The van der Waals surface area contributed by atoms with Crippen molar-refractivity contribution in [3.8, 4) is 0 Å². The quantitative estimate of drug-likeness (QED) is 0.543. The van der Waals surface area contributed by atoms with E-state index in [1.165, 1.54) is 28.1 Å². The van der Waals surface area contributed by atoms with Gasteiger partial charge in [-0.25, -0.2) is 0 Å². The molecular formula is C5H10Sn2. The van der Waals surface area contributed by atoms with Crippen LogP contribution in [-0.2, 0) is 0 Å². The van der Waals surface area contributed by atoms with E-state index in [1.807, 2.05) is 0 Å². The third-order valence-electron chi connectivity index (χ3n) is 0.854. The van der Waals surface area contributed by atoms with Gasteiger partial charge in [0.1, 0.15) is 0 Å². The Labute approximate surface area is 72.6 Å². The van der Waals surface area contributed by atoms with Crippen molar-refractivity contribution in [1.29, 1.82) is 0 Å². The summed E-state index contributed by atoms with van der Waals surface area (Å²) < 4.78 is 2.92. The van der Waals surface area contributed by atoms with Crippen LogP contribution in [0.5, 0.6) is 0 Å². The van der Waals surface area contributed by atoms with E-state index in [4.69, 9.17) is 0 Å². The van der Waals surface area contributed by atoms with Crippen LogP contribution in [0.3, 0.4) is 0 Å². The molecule has 38 valence electrons. The fourth-order valence-corrected chi connectivity index (χ4v) is 1.85. The van der Waals surface area contributed by atoms with Gasteiger partial charge in [-0.15, -0.1) is 0 Å². The standard InChI is InChI=1S/C5H10.2Sn/c1-3-5-4-2;;/h1-5H2;;. The topological polar surface area (TPSA) is 0 Å². The van der Waals surface area contributed by atoms with Crippen LogP contribution in [0.2, 0.25) is 8.87 Å². The molecule has 0 spiro atoms. The van der Waals surface area contributed by atoms with Gasteiger partial charge in [-0.05, 0) is 0 Å². The summed E-state index contributed by atoms with van der Waals surface area (Å²) in [5, 5.41) is 0. The summed E-state index contributed by atoms with van der Waals surface area (Å²) in [5.74, 6) is 0. The van der Waals surface area contributed by atoms with E-state index in [-0.39, 0.29) is 0 Å². The molecule has 0 N–H and O–H groups in total. The van der Waals surface area contributed by atoms with E-state index >= 15 is 0 Å². The van der Waals surface area contributed by atoms with E-state index in [2.05, 4.69) is 0 Å². The SMILES string of the molecule is [Sn][CH2]CCC[CH2][Sn]. The summed E-state index contributed by atoms with van der Waals surface area (Å²) in [4.78, 5) is 0. The molecule has 0 rings (SSSR count). The van der Waals surface area contributed by atoms with Gasteiger partial charge in [-0.2, -0.15) is 0 Å². The molecule has 0 heterocycles. The maximum absolute atomic E-state index is 1.71. The van der Waals surface area contributed by atoms with Gasteiger partial charge in [0.2, 0.25) is 0 Å². The van der Waals surface area contributed by atoms with Crippen molar-refractivity contribution in [2.24, 2.45) is 0 Å². The normalized spacial score (nSPS) is 9.43. The maximum atomic E-state index is 1.71. The van der Waals surface area contributed by atoms with Gasteiger partial charge in [-0.1, -0.05) is 0 Å². The Kier molecular flexibility index (Phi) is 9.33. The number of hydrogen-bond donors (Lipinski definition) is 0. The van der Waals surface area contributed by atoms with Crippen molar-refractivity contribution in [3.05, 3.63) is 0 Å². The van der Waals surface area contributed by atoms with Crippen molar-refractivity contribution in [2.75, 3.05) is 0 Å². The molecule has 0 aromatic heterocycles. The Morgan fingerprint density at radius 3 is 1.43 bits per heavy atom. The average molecular weight is 308 g/mol. The van der Waals surface area contributed by atoms with Crippen molar-refractivity contribution < 1.29 is 0 Å². The molecule has 7 heavy (non-hydrogen) atoms. The van der Waals surface area contributed by atoms with Crippen LogP contribution in [-0.4, -0.2) is 45.0 Å².